The van der Waals surface area contributed by atoms with E-state index in [9.17, 15) is 9.90 Å². The number of nitrogens with one attached hydrogen (secondary N) is 1. The van der Waals surface area contributed by atoms with Gasteiger partial charge in [-0.05, 0) is 43.1 Å². The van der Waals surface area contributed by atoms with Gasteiger partial charge in [0.1, 0.15) is 5.76 Å². The van der Waals surface area contributed by atoms with Crippen molar-refractivity contribution in [2.45, 2.75) is 70.4 Å². The van der Waals surface area contributed by atoms with Crippen LogP contribution in [0.3, 0.4) is 0 Å². The number of amides is 1. The van der Waals surface area contributed by atoms with Crippen molar-refractivity contribution in [2.75, 3.05) is 7.11 Å². The summed E-state index contributed by atoms with van der Waals surface area (Å²) < 4.78 is 7.60. The molecule has 1 heterocycles. The summed E-state index contributed by atoms with van der Waals surface area (Å²) in [4.78, 5) is 18.3. The van der Waals surface area contributed by atoms with Crippen LogP contribution in [0.2, 0.25) is 0 Å². The molecule has 36 heavy (non-hydrogen) atoms. The molecule has 7 heteroatoms. The van der Waals surface area contributed by atoms with E-state index in [1.165, 1.54) is 5.56 Å². The SMILES string of the molecule is CCC(=N/C=C/CC1c2ccccc2C(OC)=C(C(=O)NC2CCCCC2O)C1C)c1cnn(C)c1. The second-order valence-electron chi connectivity index (χ2n) is 9.81. The minimum Gasteiger partial charge on any atom is -0.496 e. The molecule has 0 aliphatic heterocycles. The van der Waals surface area contributed by atoms with Gasteiger partial charge in [0.25, 0.3) is 5.91 Å². The first kappa shape index (κ1) is 25.9. The zero-order valence-corrected chi connectivity index (χ0v) is 21.8. The van der Waals surface area contributed by atoms with Crippen molar-refractivity contribution in [3.63, 3.8) is 0 Å². The summed E-state index contributed by atoms with van der Waals surface area (Å²) in [6, 6.07) is 7.95. The maximum atomic E-state index is 13.6. The van der Waals surface area contributed by atoms with Crippen molar-refractivity contribution >= 4 is 17.4 Å². The number of hydrogen-bond acceptors (Lipinski definition) is 5. The van der Waals surface area contributed by atoms with E-state index in [4.69, 9.17) is 9.73 Å². The van der Waals surface area contributed by atoms with Crippen molar-refractivity contribution < 1.29 is 14.6 Å². The molecule has 2 aliphatic rings. The highest BCUT2D eigenvalue weighted by atomic mass is 16.5. The fourth-order valence-electron chi connectivity index (χ4n) is 5.53. The van der Waals surface area contributed by atoms with Crippen LogP contribution in [0.25, 0.3) is 5.76 Å². The third-order valence-corrected chi connectivity index (χ3v) is 7.50. The maximum absolute atomic E-state index is 13.6. The topological polar surface area (TPSA) is 88.7 Å². The van der Waals surface area contributed by atoms with Crippen LogP contribution in [-0.4, -0.2) is 45.8 Å². The van der Waals surface area contributed by atoms with Gasteiger partial charge in [0.15, 0.2) is 0 Å². The number of carbonyl (C=O) groups is 1. The zero-order chi connectivity index (χ0) is 25.7. The van der Waals surface area contributed by atoms with E-state index in [0.29, 0.717) is 11.3 Å². The van der Waals surface area contributed by atoms with Crippen molar-refractivity contribution in [1.82, 2.24) is 15.1 Å². The lowest BCUT2D eigenvalue weighted by Gasteiger charge is -2.35. The lowest BCUT2D eigenvalue weighted by molar-refractivity contribution is -0.120. The van der Waals surface area contributed by atoms with Crippen LogP contribution in [0.1, 0.15) is 75.0 Å². The number of aryl methyl sites for hydroxylation is 1. The first-order chi connectivity index (χ1) is 17.4. The zero-order valence-electron chi connectivity index (χ0n) is 21.8. The Labute approximate surface area is 214 Å². The van der Waals surface area contributed by atoms with Gasteiger partial charge in [0.05, 0.1) is 36.7 Å². The normalized spacial score (nSPS) is 24.6. The number of ether oxygens (including phenoxy) is 1. The van der Waals surface area contributed by atoms with Gasteiger partial charge >= 0.3 is 0 Å². The van der Waals surface area contributed by atoms with Gasteiger partial charge in [-0.25, -0.2) is 0 Å². The number of nitrogens with zero attached hydrogens (tertiary/aromatic N) is 3. The highest BCUT2D eigenvalue weighted by molar-refractivity contribution is 6.02. The summed E-state index contributed by atoms with van der Waals surface area (Å²) in [6.07, 6.45) is 12.4. The highest BCUT2D eigenvalue weighted by Crippen LogP contribution is 2.44. The lowest BCUT2D eigenvalue weighted by atomic mass is 9.73. The van der Waals surface area contributed by atoms with Gasteiger partial charge in [-0.15, -0.1) is 0 Å². The average molecular weight is 491 g/mol. The Hall–Kier alpha value is -3.19. The van der Waals surface area contributed by atoms with Crippen molar-refractivity contribution in [3.8, 4) is 0 Å². The summed E-state index contributed by atoms with van der Waals surface area (Å²) in [5, 5.41) is 17.8. The molecule has 0 radical (unpaired) electrons. The first-order valence-corrected chi connectivity index (χ1v) is 13.0. The summed E-state index contributed by atoms with van der Waals surface area (Å²) in [5.41, 5.74) is 4.80. The lowest BCUT2D eigenvalue weighted by Crippen LogP contribution is -2.46. The molecule has 4 atom stereocenters. The van der Waals surface area contributed by atoms with E-state index < -0.39 is 6.10 Å². The van der Waals surface area contributed by atoms with E-state index in [0.717, 1.165) is 55.4 Å². The molecule has 0 saturated heterocycles. The highest BCUT2D eigenvalue weighted by Gasteiger charge is 2.37. The number of fused-ring (bicyclic) bond motifs is 1. The molecular weight excluding hydrogens is 452 g/mol. The summed E-state index contributed by atoms with van der Waals surface area (Å²) in [6.45, 7) is 4.18. The van der Waals surface area contributed by atoms with E-state index in [-0.39, 0.29) is 23.8 Å². The third kappa shape index (κ3) is 5.46. The van der Waals surface area contributed by atoms with Gasteiger partial charge in [-0.1, -0.05) is 57.0 Å². The molecular formula is C29H38N4O3. The molecule has 2 N–H and O–H groups in total. The van der Waals surface area contributed by atoms with Crippen molar-refractivity contribution in [3.05, 3.63) is 71.2 Å². The molecule has 7 nitrogen and oxygen atoms in total. The molecule has 4 rings (SSSR count). The molecule has 1 amide bonds. The fourth-order valence-corrected chi connectivity index (χ4v) is 5.53. The van der Waals surface area contributed by atoms with E-state index >= 15 is 0 Å². The Kier molecular flexibility index (Phi) is 8.41. The van der Waals surface area contributed by atoms with Gasteiger partial charge in [0.2, 0.25) is 0 Å². The number of aromatic nitrogens is 2. The third-order valence-electron chi connectivity index (χ3n) is 7.50. The number of methoxy groups -OCH3 is 1. The minimum absolute atomic E-state index is 0.0619. The number of allylic oxidation sites excluding steroid dienone is 1. The standard InChI is InChI=1S/C29H38N4O3/c1-5-24(20-17-31-33(3)18-20)30-16-10-13-21-19(2)27(28(36-4)23-12-7-6-11-22(21)23)29(35)32-25-14-8-9-15-26(25)34/h6-7,10-12,16-19,21,25-26,34H,5,8-9,13-15H2,1-4H3,(H,32,35)/b16-10+,30-24?. The minimum atomic E-state index is -0.496. The molecule has 1 aromatic heterocycles. The van der Waals surface area contributed by atoms with Crippen LogP contribution >= 0.6 is 0 Å². The Morgan fingerprint density at radius 2 is 2.08 bits per heavy atom. The molecule has 0 spiro atoms. The summed E-state index contributed by atoms with van der Waals surface area (Å²) >= 11 is 0. The van der Waals surface area contributed by atoms with Gasteiger partial charge in [-0.2, -0.15) is 5.10 Å². The van der Waals surface area contributed by atoms with Crippen LogP contribution in [-0.2, 0) is 16.6 Å². The maximum Gasteiger partial charge on any atom is 0.251 e. The summed E-state index contributed by atoms with van der Waals surface area (Å²) in [7, 11) is 3.53. The summed E-state index contributed by atoms with van der Waals surface area (Å²) in [5.74, 6) is 0.529. The molecule has 2 aromatic rings. The van der Waals surface area contributed by atoms with Crippen molar-refractivity contribution in [1.29, 1.82) is 0 Å². The number of aliphatic hydroxyl groups excluding tert-OH is 1. The number of hydrogen-bond donors (Lipinski definition) is 2. The quantitative estimate of drug-likeness (QED) is 0.524. The molecule has 1 fully saturated rings. The van der Waals surface area contributed by atoms with Crippen LogP contribution in [0.5, 0.6) is 0 Å². The molecule has 1 saturated carbocycles. The Morgan fingerprint density at radius 3 is 2.78 bits per heavy atom. The molecule has 192 valence electrons. The predicted molar refractivity (Wildman–Crippen MR) is 142 cm³/mol. The van der Waals surface area contributed by atoms with Gasteiger partial charge < -0.3 is 15.2 Å². The second-order valence-corrected chi connectivity index (χ2v) is 9.81. The Morgan fingerprint density at radius 1 is 1.31 bits per heavy atom. The van der Waals surface area contributed by atoms with Crippen LogP contribution in [0.15, 0.2) is 59.5 Å². The van der Waals surface area contributed by atoms with Crippen LogP contribution in [0.4, 0.5) is 0 Å². The van der Waals surface area contributed by atoms with Gasteiger partial charge in [0, 0.05) is 30.6 Å². The van der Waals surface area contributed by atoms with E-state index in [1.807, 2.05) is 43.8 Å². The molecule has 4 unspecified atom stereocenters. The largest absolute Gasteiger partial charge is 0.496 e. The van der Waals surface area contributed by atoms with Crippen molar-refractivity contribution in [2.24, 2.45) is 18.0 Å². The molecule has 1 aromatic carbocycles. The monoisotopic (exact) mass is 490 g/mol. The molecule has 0 bridgehead atoms. The second kappa shape index (κ2) is 11.7. The number of benzene rings is 1. The smallest absolute Gasteiger partial charge is 0.251 e. The number of aliphatic imine (C=N–C) groups is 1. The average Bonchev–Trinajstić information content (AvgIpc) is 3.31. The Balaban J connectivity index is 1.59. The van der Waals surface area contributed by atoms with E-state index in [1.54, 1.807) is 11.8 Å². The first-order valence-electron chi connectivity index (χ1n) is 13.0. The number of carbonyl (C=O) groups excluding carboxylic acids is 1. The predicted octanol–water partition coefficient (Wildman–Crippen LogP) is 4.73. The molecule has 2 aliphatic carbocycles. The van der Waals surface area contributed by atoms with Gasteiger partial charge in [-0.3, -0.25) is 14.5 Å². The van der Waals surface area contributed by atoms with Crippen LogP contribution < -0.4 is 5.32 Å². The number of aliphatic hydroxyl groups is 1. The fraction of sp³-hybridized carbons (Fsp3) is 0.483. The van der Waals surface area contributed by atoms with E-state index in [2.05, 4.69) is 36.4 Å². The Bertz CT molecular complexity index is 1160. The van der Waals surface area contributed by atoms with Crippen LogP contribution in [0, 0.1) is 5.92 Å². The number of rotatable bonds is 8.